The number of amides is 1. The molecule has 1 heterocycles. The summed E-state index contributed by atoms with van der Waals surface area (Å²) < 4.78 is 0. The average molecular weight is 277 g/mol. The Morgan fingerprint density at radius 2 is 2.05 bits per heavy atom. The number of aryl methyl sites for hydroxylation is 1. The van der Waals surface area contributed by atoms with Crippen LogP contribution in [0, 0.1) is 6.92 Å². The molecule has 0 bridgehead atoms. The Balaban J connectivity index is 2.01. The summed E-state index contributed by atoms with van der Waals surface area (Å²) in [6.45, 7) is 5.50. The number of aromatic carboxylic acids is 1. The molecule has 20 heavy (non-hydrogen) atoms. The number of carboxylic acids is 1. The standard InChI is InChI=1S/C14H19N3O3/c1-10-2-3-12(11(8-10)14(19)20)16-13(18)9-17-6-4-15-5-7-17/h2-3,8,15H,4-7,9H2,1H3,(H,16,18)(H,19,20). The molecule has 1 fully saturated rings. The molecule has 3 N–H and O–H groups in total. The zero-order chi connectivity index (χ0) is 14.5. The van der Waals surface area contributed by atoms with E-state index in [-0.39, 0.29) is 18.0 Å². The number of carbonyl (C=O) groups is 2. The smallest absolute Gasteiger partial charge is 0.337 e. The number of carboxylic acid groups (broad SMARTS) is 1. The van der Waals surface area contributed by atoms with Crippen LogP contribution in [0.1, 0.15) is 15.9 Å². The zero-order valence-corrected chi connectivity index (χ0v) is 11.5. The molecule has 0 unspecified atom stereocenters. The molecule has 6 heteroatoms. The van der Waals surface area contributed by atoms with Gasteiger partial charge >= 0.3 is 5.97 Å². The van der Waals surface area contributed by atoms with Crippen LogP contribution in [0.4, 0.5) is 5.69 Å². The molecule has 0 atom stereocenters. The molecule has 0 aromatic heterocycles. The molecule has 1 amide bonds. The quantitative estimate of drug-likeness (QED) is 0.748. The summed E-state index contributed by atoms with van der Waals surface area (Å²) in [4.78, 5) is 25.2. The van der Waals surface area contributed by atoms with E-state index in [2.05, 4.69) is 10.6 Å². The Kier molecular flexibility index (Phi) is 4.70. The first kappa shape index (κ1) is 14.5. The lowest BCUT2D eigenvalue weighted by molar-refractivity contribution is -0.117. The Hall–Kier alpha value is -1.92. The Morgan fingerprint density at radius 3 is 2.70 bits per heavy atom. The monoisotopic (exact) mass is 277 g/mol. The van der Waals surface area contributed by atoms with Crippen LogP contribution in [0.3, 0.4) is 0 Å². The van der Waals surface area contributed by atoms with Crippen molar-refractivity contribution in [1.82, 2.24) is 10.2 Å². The largest absolute Gasteiger partial charge is 0.478 e. The van der Waals surface area contributed by atoms with Crippen molar-refractivity contribution < 1.29 is 14.7 Å². The van der Waals surface area contributed by atoms with Gasteiger partial charge in [0.25, 0.3) is 0 Å². The van der Waals surface area contributed by atoms with Gasteiger partial charge in [0.2, 0.25) is 5.91 Å². The predicted octanol–water partition coefficient (Wildman–Crippen LogP) is 0.537. The lowest BCUT2D eigenvalue weighted by Gasteiger charge is -2.26. The van der Waals surface area contributed by atoms with E-state index >= 15 is 0 Å². The summed E-state index contributed by atoms with van der Waals surface area (Å²) in [6.07, 6.45) is 0. The number of piperazine rings is 1. The second-order valence-corrected chi connectivity index (χ2v) is 4.93. The van der Waals surface area contributed by atoms with Gasteiger partial charge in [-0.3, -0.25) is 9.69 Å². The first-order valence-electron chi connectivity index (χ1n) is 6.63. The number of nitrogens with zero attached hydrogens (tertiary/aromatic N) is 1. The fourth-order valence-corrected chi connectivity index (χ4v) is 2.21. The van der Waals surface area contributed by atoms with E-state index in [0.717, 1.165) is 31.7 Å². The Labute approximate surface area is 117 Å². The normalized spacial score (nSPS) is 15.8. The van der Waals surface area contributed by atoms with Crippen molar-refractivity contribution in [2.75, 3.05) is 38.0 Å². The molecule has 1 aliphatic rings. The predicted molar refractivity (Wildman–Crippen MR) is 76.1 cm³/mol. The van der Waals surface area contributed by atoms with Gasteiger partial charge < -0.3 is 15.7 Å². The van der Waals surface area contributed by atoms with Crippen LogP contribution in [0.5, 0.6) is 0 Å². The lowest BCUT2D eigenvalue weighted by atomic mass is 10.1. The molecule has 0 radical (unpaired) electrons. The molecule has 1 aromatic rings. The van der Waals surface area contributed by atoms with Crippen LogP contribution >= 0.6 is 0 Å². The summed E-state index contributed by atoms with van der Waals surface area (Å²) in [7, 11) is 0. The van der Waals surface area contributed by atoms with E-state index in [4.69, 9.17) is 5.11 Å². The van der Waals surface area contributed by atoms with E-state index in [0.29, 0.717) is 5.69 Å². The molecular weight excluding hydrogens is 258 g/mol. The minimum absolute atomic E-state index is 0.124. The average Bonchev–Trinajstić information content (AvgIpc) is 2.41. The van der Waals surface area contributed by atoms with Crippen molar-refractivity contribution in [2.24, 2.45) is 0 Å². The van der Waals surface area contributed by atoms with Gasteiger partial charge in [-0.25, -0.2) is 4.79 Å². The Bertz CT molecular complexity index is 510. The third-order valence-electron chi connectivity index (χ3n) is 3.26. The fourth-order valence-electron chi connectivity index (χ4n) is 2.21. The summed E-state index contributed by atoms with van der Waals surface area (Å²) >= 11 is 0. The molecule has 108 valence electrons. The number of rotatable bonds is 4. The van der Waals surface area contributed by atoms with Gasteiger partial charge in [-0.1, -0.05) is 11.6 Å². The minimum atomic E-state index is -1.04. The van der Waals surface area contributed by atoms with E-state index in [1.165, 1.54) is 0 Å². The summed E-state index contributed by atoms with van der Waals surface area (Å²) in [5.74, 6) is -1.22. The number of benzene rings is 1. The minimum Gasteiger partial charge on any atom is -0.478 e. The topological polar surface area (TPSA) is 81.7 Å². The first-order chi connectivity index (χ1) is 9.56. The van der Waals surface area contributed by atoms with Gasteiger partial charge in [-0.2, -0.15) is 0 Å². The van der Waals surface area contributed by atoms with E-state index < -0.39 is 5.97 Å². The van der Waals surface area contributed by atoms with Crippen LogP contribution in [0.2, 0.25) is 0 Å². The van der Waals surface area contributed by atoms with Gasteiger partial charge in [-0.15, -0.1) is 0 Å². The second-order valence-electron chi connectivity index (χ2n) is 4.93. The van der Waals surface area contributed by atoms with Gasteiger partial charge in [0.15, 0.2) is 0 Å². The molecular formula is C14H19N3O3. The number of anilines is 1. The van der Waals surface area contributed by atoms with Crippen LogP contribution in [0.15, 0.2) is 18.2 Å². The van der Waals surface area contributed by atoms with Gasteiger partial charge in [-0.05, 0) is 19.1 Å². The Morgan fingerprint density at radius 1 is 1.35 bits per heavy atom. The van der Waals surface area contributed by atoms with Crippen molar-refractivity contribution in [3.8, 4) is 0 Å². The molecule has 6 nitrogen and oxygen atoms in total. The maximum atomic E-state index is 12.0. The number of hydrogen-bond acceptors (Lipinski definition) is 4. The molecule has 2 rings (SSSR count). The highest BCUT2D eigenvalue weighted by molar-refractivity contribution is 6.01. The van der Waals surface area contributed by atoms with Crippen molar-refractivity contribution in [2.45, 2.75) is 6.92 Å². The highest BCUT2D eigenvalue weighted by atomic mass is 16.4. The highest BCUT2D eigenvalue weighted by Crippen LogP contribution is 2.17. The van der Waals surface area contributed by atoms with Crippen molar-refractivity contribution in [1.29, 1.82) is 0 Å². The van der Waals surface area contributed by atoms with Crippen molar-refractivity contribution >= 4 is 17.6 Å². The SMILES string of the molecule is Cc1ccc(NC(=O)CN2CCNCC2)c(C(=O)O)c1. The first-order valence-corrected chi connectivity index (χ1v) is 6.63. The number of hydrogen-bond donors (Lipinski definition) is 3. The van der Waals surface area contributed by atoms with E-state index in [1.807, 2.05) is 11.8 Å². The fraction of sp³-hybridized carbons (Fsp3) is 0.429. The third kappa shape index (κ3) is 3.79. The van der Waals surface area contributed by atoms with Gasteiger partial charge in [0.05, 0.1) is 17.8 Å². The molecule has 0 spiro atoms. The molecule has 1 aromatic carbocycles. The lowest BCUT2D eigenvalue weighted by Crippen LogP contribution is -2.46. The zero-order valence-electron chi connectivity index (χ0n) is 11.5. The number of carbonyl (C=O) groups excluding carboxylic acids is 1. The van der Waals surface area contributed by atoms with Gasteiger partial charge in [0.1, 0.15) is 0 Å². The third-order valence-corrected chi connectivity index (χ3v) is 3.26. The number of nitrogens with one attached hydrogen (secondary N) is 2. The maximum Gasteiger partial charge on any atom is 0.337 e. The highest BCUT2D eigenvalue weighted by Gasteiger charge is 2.16. The van der Waals surface area contributed by atoms with Crippen LogP contribution in [-0.4, -0.2) is 54.6 Å². The van der Waals surface area contributed by atoms with E-state index in [9.17, 15) is 9.59 Å². The van der Waals surface area contributed by atoms with Crippen molar-refractivity contribution in [3.05, 3.63) is 29.3 Å². The second kappa shape index (κ2) is 6.49. The van der Waals surface area contributed by atoms with Gasteiger partial charge in [0, 0.05) is 26.2 Å². The summed E-state index contributed by atoms with van der Waals surface area (Å²) in [5, 5.41) is 15.1. The molecule has 0 aliphatic carbocycles. The molecule has 1 saturated heterocycles. The van der Waals surface area contributed by atoms with Crippen LogP contribution in [0.25, 0.3) is 0 Å². The molecule has 1 aliphatic heterocycles. The maximum absolute atomic E-state index is 12.0. The van der Waals surface area contributed by atoms with Crippen LogP contribution in [-0.2, 0) is 4.79 Å². The van der Waals surface area contributed by atoms with Crippen molar-refractivity contribution in [3.63, 3.8) is 0 Å². The van der Waals surface area contributed by atoms with E-state index in [1.54, 1.807) is 18.2 Å². The van der Waals surface area contributed by atoms with Crippen LogP contribution < -0.4 is 10.6 Å². The molecule has 0 saturated carbocycles. The summed E-state index contributed by atoms with van der Waals surface area (Å²) in [5.41, 5.74) is 1.32. The summed E-state index contributed by atoms with van der Waals surface area (Å²) in [6, 6.07) is 4.98.